The molecule has 1 atom stereocenters. The van der Waals surface area contributed by atoms with Crippen LogP contribution in [0.3, 0.4) is 0 Å². The third-order valence-corrected chi connectivity index (χ3v) is 4.73. The van der Waals surface area contributed by atoms with Crippen LogP contribution in [0.4, 0.5) is 5.82 Å². The van der Waals surface area contributed by atoms with Crippen molar-refractivity contribution in [1.29, 1.82) is 0 Å². The second-order valence-electron chi connectivity index (χ2n) is 6.56. The second kappa shape index (κ2) is 6.63. The Labute approximate surface area is 147 Å². The second-order valence-corrected chi connectivity index (χ2v) is 6.56. The summed E-state index contributed by atoms with van der Waals surface area (Å²) in [6.45, 7) is 4.13. The molecule has 1 N–H and O–H groups in total. The molecular weight excluding hydrogens is 312 g/mol. The minimum atomic E-state index is 0.171. The smallest absolute Gasteiger partial charge is 0.133 e. The molecule has 6 heteroatoms. The number of hydrogen-bond acceptors (Lipinski definition) is 5. The van der Waals surface area contributed by atoms with E-state index in [0.29, 0.717) is 0 Å². The fraction of sp³-hybridized carbons (Fsp3) is 0.368. The Hall–Kier alpha value is -2.76. The molecule has 1 aromatic carbocycles. The molecule has 1 unspecified atom stereocenters. The fourth-order valence-electron chi connectivity index (χ4n) is 3.39. The minimum Gasteiger partial charge on any atom is -0.363 e. The molecule has 0 spiro atoms. The van der Waals surface area contributed by atoms with Crippen molar-refractivity contribution in [3.63, 3.8) is 0 Å². The van der Waals surface area contributed by atoms with E-state index >= 15 is 0 Å². The van der Waals surface area contributed by atoms with E-state index in [4.69, 9.17) is 0 Å². The molecule has 0 saturated heterocycles. The first kappa shape index (κ1) is 15.7. The van der Waals surface area contributed by atoms with Crippen molar-refractivity contribution in [3.8, 4) is 5.69 Å². The van der Waals surface area contributed by atoms with Crippen molar-refractivity contribution in [3.05, 3.63) is 59.3 Å². The summed E-state index contributed by atoms with van der Waals surface area (Å²) in [6, 6.07) is 8.53. The molecule has 1 aliphatic carbocycles. The first-order chi connectivity index (χ1) is 12.2. The van der Waals surface area contributed by atoms with Gasteiger partial charge in [-0.3, -0.25) is 0 Å². The summed E-state index contributed by atoms with van der Waals surface area (Å²) in [5, 5.41) is 11.5. The number of anilines is 1. The van der Waals surface area contributed by atoms with Crippen molar-refractivity contribution in [2.45, 2.75) is 45.6 Å². The van der Waals surface area contributed by atoms with Gasteiger partial charge in [-0.2, -0.15) is 0 Å². The van der Waals surface area contributed by atoms with Crippen LogP contribution in [0.5, 0.6) is 0 Å². The topological polar surface area (TPSA) is 68.5 Å². The van der Waals surface area contributed by atoms with Crippen LogP contribution in [0, 0.1) is 6.92 Å². The van der Waals surface area contributed by atoms with E-state index in [1.807, 2.05) is 13.1 Å². The number of hydrogen-bond donors (Lipinski definition) is 1. The molecule has 0 bridgehead atoms. The van der Waals surface area contributed by atoms with E-state index in [1.165, 1.54) is 29.7 Å². The molecule has 0 aliphatic heterocycles. The molecule has 128 valence electrons. The van der Waals surface area contributed by atoms with Gasteiger partial charge in [0.2, 0.25) is 0 Å². The SMILES string of the molecule is Cc1nc2c(c(NC(C)c3ccc(-n4ccnn4)cc3)n1)CCCC2. The summed E-state index contributed by atoms with van der Waals surface area (Å²) in [5.74, 6) is 1.84. The summed E-state index contributed by atoms with van der Waals surface area (Å²) >= 11 is 0. The van der Waals surface area contributed by atoms with E-state index in [1.54, 1.807) is 10.9 Å². The van der Waals surface area contributed by atoms with Gasteiger partial charge in [-0.25, -0.2) is 14.6 Å². The van der Waals surface area contributed by atoms with E-state index in [-0.39, 0.29) is 6.04 Å². The summed E-state index contributed by atoms with van der Waals surface area (Å²) in [6.07, 6.45) is 8.09. The lowest BCUT2D eigenvalue weighted by molar-refractivity contribution is 0.657. The monoisotopic (exact) mass is 334 g/mol. The number of rotatable bonds is 4. The number of aromatic nitrogens is 5. The highest BCUT2D eigenvalue weighted by Gasteiger charge is 2.18. The standard InChI is InChI=1S/C19H22N6/c1-13(15-7-9-16(10-8-15)25-12-11-20-24-25)21-19-17-5-3-4-6-18(17)22-14(2)23-19/h7-13H,3-6H2,1-2H3,(H,21,22,23). The van der Waals surface area contributed by atoms with Crippen LogP contribution in [-0.2, 0) is 12.8 Å². The van der Waals surface area contributed by atoms with Gasteiger partial charge in [-0.1, -0.05) is 17.3 Å². The van der Waals surface area contributed by atoms with Crippen LogP contribution < -0.4 is 5.32 Å². The maximum Gasteiger partial charge on any atom is 0.133 e. The molecule has 4 rings (SSSR count). The summed E-state index contributed by atoms with van der Waals surface area (Å²) in [5.41, 5.74) is 4.73. The van der Waals surface area contributed by atoms with E-state index < -0.39 is 0 Å². The Balaban J connectivity index is 1.56. The minimum absolute atomic E-state index is 0.171. The lowest BCUT2D eigenvalue weighted by Gasteiger charge is -2.22. The molecule has 0 fully saturated rings. The summed E-state index contributed by atoms with van der Waals surface area (Å²) < 4.78 is 1.76. The summed E-state index contributed by atoms with van der Waals surface area (Å²) in [4.78, 5) is 9.29. The van der Waals surface area contributed by atoms with Gasteiger partial charge in [-0.15, -0.1) is 5.10 Å². The predicted molar refractivity (Wildman–Crippen MR) is 96.8 cm³/mol. The van der Waals surface area contributed by atoms with Crippen molar-refractivity contribution in [2.24, 2.45) is 0 Å². The average molecular weight is 334 g/mol. The average Bonchev–Trinajstić information content (AvgIpc) is 3.16. The number of nitrogens with zero attached hydrogens (tertiary/aromatic N) is 5. The van der Waals surface area contributed by atoms with Crippen LogP contribution in [-0.4, -0.2) is 25.0 Å². The Bertz CT molecular complexity index is 854. The van der Waals surface area contributed by atoms with E-state index in [0.717, 1.165) is 30.2 Å². The van der Waals surface area contributed by atoms with Gasteiger partial charge in [-0.05, 0) is 57.2 Å². The fourth-order valence-corrected chi connectivity index (χ4v) is 3.39. The van der Waals surface area contributed by atoms with Gasteiger partial charge in [0.15, 0.2) is 0 Å². The van der Waals surface area contributed by atoms with Crippen LogP contribution in [0.1, 0.15) is 48.5 Å². The molecule has 0 saturated carbocycles. The highest BCUT2D eigenvalue weighted by molar-refractivity contribution is 5.50. The highest BCUT2D eigenvalue weighted by atomic mass is 15.4. The van der Waals surface area contributed by atoms with Crippen LogP contribution in [0.15, 0.2) is 36.7 Å². The largest absolute Gasteiger partial charge is 0.363 e. The van der Waals surface area contributed by atoms with Crippen molar-refractivity contribution in [2.75, 3.05) is 5.32 Å². The van der Waals surface area contributed by atoms with Crippen LogP contribution in [0.25, 0.3) is 5.69 Å². The van der Waals surface area contributed by atoms with E-state index in [2.05, 4.69) is 56.8 Å². The molecule has 3 aromatic rings. The number of nitrogens with one attached hydrogen (secondary N) is 1. The van der Waals surface area contributed by atoms with Gasteiger partial charge in [0, 0.05) is 17.3 Å². The zero-order chi connectivity index (χ0) is 17.2. The maximum absolute atomic E-state index is 4.67. The number of benzene rings is 1. The van der Waals surface area contributed by atoms with Crippen molar-refractivity contribution >= 4 is 5.82 Å². The Kier molecular flexibility index (Phi) is 4.17. The zero-order valence-electron chi connectivity index (χ0n) is 14.6. The molecule has 6 nitrogen and oxygen atoms in total. The third kappa shape index (κ3) is 3.24. The van der Waals surface area contributed by atoms with Crippen molar-refractivity contribution < 1.29 is 0 Å². The molecule has 0 radical (unpaired) electrons. The highest BCUT2D eigenvalue weighted by Crippen LogP contribution is 2.28. The lowest BCUT2D eigenvalue weighted by Crippen LogP contribution is -2.16. The van der Waals surface area contributed by atoms with Gasteiger partial charge in [0.1, 0.15) is 11.6 Å². The van der Waals surface area contributed by atoms with E-state index in [9.17, 15) is 0 Å². The van der Waals surface area contributed by atoms with Crippen LogP contribution >= 0.6 is 0 Å². The summed E-state index contributed by atoms with van der Waals surface area (Å²) in [7, 11) is 0. The first-order valence-electron chi connectivity index (χ1n) is 8.80. The molecule has 0 amide bonds. The normalized spacial score (nSPS) is 14.8. The number of fused-ring (bicyclic) bond motifs is 1. The molecule has 25 heavy (non-hydrogen) atoms. The molecule has 2 aromatic heterocycles. The van der Waals surface area contributed by atoms with Gasteiger partial charge in [0.25, 0.3) is 0 Å². The first-order valence-corrected chi connectivity index (χ1v) is 8.80. The van der Waals surface area contributed by atoms with Gasteiger partial charge >= 0.3 is 0 Å². The maximum atomic E-state index is 4.67. The zero-order valence-corrected chi connectivity index (χ0v) is 14.6. The lowest BCUT2D eigenvalue weighted by atomic mass is 9.96. The number of aryl methyl sites for hydroxylation is 2. The van der Waals surface area contributed by atoms with Crippen molar-refractivity contribution in [1.82, 2.24) is 25.0 Å². The predicted octanol–water partition coefficient (Wildman–Crippen LogP) is 3.42. The molecular formula is C19H22N6. The molecule has 2 heterocycles. The molecule has 1 aliphatic rings. The van der Waals surface area contributed by atoms with Gasteiger partial charge < -0.3 is 5.32 Å². The Morgan fingerprint density at radius 1 is 1.08 bits per heavy atom. The Morgan fingerprint density at radius 2 is 1.88 bits per heavy atom. The quantitative estimate of drug-likeness (QED) is 0.792. The van der Waals surface area contributed by atoms with Crippen LogP contribution in [0.2, 0.25) is 0 Å². The Morgan fingerprint density at radius 3 is 2.64 bits per heavy atom. The third-order valence-electron chi connectivity index (χ3n) is 4.73. The van der Waals surface area contributed by atoms with Gasteiger partial charge in [0.05, 0.1) is 18.1 Å².